The van der Waals surface area contributed by atoms with Crippen LogP contribution >= 0.6 is 23.4 Å². The van der Waals surface area contributed by atoms with Crippen molar-refractivity contribution in [1.82, 2.24) is 10.3 Å². The Bertz CT molecular complexity index is 937. The second kappa shape index (κ2) is 8.51. The summed E-state index contributed by atoms with van der Waals surface area (Å²) in [6.07, 6.45) is 9.00. The van der Waals surface area contributed by atoms with Crippen LogP contribution in [0.3, 0.4) is 0 Å². The van der Waals surface area contributed by atoms with Gasteiger partial charge in [0.05, 0.1) is 0 Å². The Morgan fingerprint density at radius 2 is 1.87 bits per heavy atom. The van der Waals surface area contributed by atoms with Gasteiger partial charge in [-0.15, -0.1) is 0 Å². The van der Waals surface area contributed by atoms with E-state index < -0.39 is 0 Å². The summed E-state index contributed by atoms with van der Waals surface area (Å²) in [5.41, 5.74) is 1.87. The predicted molar refractivity (Wildman–Crippen MR) is 128 cm³/mol. The number of carbonyl (C=O) groups excluding carboxylic acids is 1. The minimum Gasteiger partial charge on any atom is -0.423 e. The molecular weight excluding hydrogens is 430 g/mol. The van der Waals surface area contributed by atoms with Gasteiger partial charge in [0.1, 0.15) is 5.52 Å². The van der Waals surface area contributed by atoms with Gasteiger partial charge in [0, 0.05) is 29.6 Å². The van der Waals surface area contributed by atoms with Crippen LogP contribution in [0.4, 0.5) is 6.01 Å². The van der Waals surface area contributed by atoms with Gasteiger partial charge >= 0.3 is 0 Å². The quantitative estimate of drug-likeness (QED) is 0.639. The Morgan fingerprint density at radius 3 is 2.58 bits per heavy atom. The van der Waals surface area contributed by atoms with Crippen molar-refractivity contribution in [3.8, 4) is 0 Å². The average molecular weight is 462 g/mol. The van der Waals surface area contributed by atoms with Gasteiger partial charge in [-0.3, -0.25) is 4.79 Å². The first-order valence-corrected chi connectivity index (χ1v) is 13.2. The molecule has 5 nitrogen and oxygen atoms in total. The molecule has 2 aromatic rings. The summed E-state index contributed by atoms with van der Waals surface area (Å²) < 4.78 is 5.97. The lowest BCUT2D eigenvalue weighted by Gasteiger charge is -2.46. The number of hydrogen-bond donors (Lipinski definition) is 1. The molecule has 1 spiro atoms. The van der Waals surface area contributed by atoms with Crippen LogP contribution in [0.2, 0.25) is 5.02 Å². The minimum absolute atomic E-state index is 0.157. The fourth-order valence-electron chi connectivity index (χ4n) is 5.48. The number of nitrogens with zero attached hydrogens (tertiary/aromatic N) is 2. The van der Waals surface area contributed by atoms with Crippen LogP contribution in [0, 0.1) is 10.8 Å². The highest BCUT2D eigenvalue weighted by atomic mass is 35.5. The minimum atomic E-state index is -0.157. The van der Waals surface area contributed by atoms with Crippen molar-refractivity contribution in [2.24, 2.45) is 10.8 Å². The monoisotopic (exact) mass is 461 g/mol. The number of fused-ring (bicyclic) bond motifs is 1. The third-order valence-electron chi connectivity index (χ3n) is 7.96. The maximum absolute atomic E-state index is 12.9. The first-order valence-electron chi connectivity index (χ1n) is 11.6. The molecule has 0 unspecified atom stereocenters. The molecule has 1 aliphatic carbocycles. The molecule has 7 heteroatoms. The second-order valence-corrected chi connectivity index (χ2v) is 11.7. The number of rotatable bonds is 3. The van der Waals surface area contributed by atoms with E-state index in [-0.39, 0.29) is 5.41 Å². The average Bonchev–Trinajstić information content (AvgIpc) is 3.19. The number of nitrogens with one attached hydrogen (secondary N) is 1. The van der Waals surface area contributed by atoms with Crippen molar-refractivity contribution in [3.63, 3.8) is 0 Å². The zero-order chi connectivity index (χ0) is 21.5. The maximum atomic E-state index is 12.9. The van der Waals surface area contributed by atoms with E-state index in [2.05, 4.69) is 22.1 Å². The molecule has 3 aliphatic rings. The van der Waals surface area contributed by atoms with Gasteiger partial charge in [-0.05, 0) is 86.5 Å². The smallest absolute Gasteiger partial charge is 0.298 e. The Kier molecular flexibility index (Phi) is 5.89. The van der Waals surface area contributed by atoms with Crippen LogP contribution in [0.15, 0.2) is 22.6 Å². The van der Waals surface area contributed by atoms with Crippen molar-refractivity contribution in [2.75, 3.05) is 29.5 Å². The van der Waals surface area contributed by atoms with E-state index in [1.807, 2.05) is 30.0 Å². The Hall–Kier alpha value is -1.40. The molecule has 2 saturated heterocycles. The molecule has 3 fully saturated rings. The molecular formula is C24H32ClN3O2S. The van der Waals surface area contributed by atoms with Gasteiger partial charge in [0.25, 0.3) is 6.01 Å². The molecule has 1 aromatic carbocycles. The van der Waals surface area contributed by atoms with Crippen molar-refractivity contribution in [2.45, 2.75) is 64.3 Å². The Morgan fingerprint density at radius 1 is 1.16 bits per heavy atom. The number of carbonyl (C=O) groups is 1. The number of piperidine rings is 1. The van der Waals surface area contributed by atoms with E-state index in [0.717, 1.165) is 61.4 Å². The van der Waals surface area contributed by atoms with Gasteiger partial charge < -0.3 is 14.6 Å². The summed E-state index contributed by atoms with van der Waals surface area (Å²) in [6.45, 7) is 4.11. The van der Waals surface area contributed by atoms with Crippen LogP contribution in [0.1, 0.15) is 58.3 Å². The van der Waals surface area contributed by atoms with Crippen molar-refractivity contribution >= 4 is 46.4 Å². The molecule has 1 aromatic heterocycles. The van der Waals surface area contributed by atoms with E-state index in [1.54, 1.807) is 0 Å². The van der Waals surface area contributed by atoms with Crippen molar-refractivity contribution < 1.29 is 9.21 Å². The van der Waals surface area contributed by atoms with Gasteiger partial charge in [-0.1, -0.05) is 18.5 Å². The van der Waals surface area contributed by atoms with E-state index >= 15 is 0 Å². The third-order valence-corrected chi connectivity index (χ3v) is 9.18. The lowest BCUT2D eigenvalue weighted by atomic mass is 9.67. The Balaban J connectivity index is 1.14. The molecule has 31 heavy (non-hydrogen) atoms. The third kappa shape index (κ3) is 4.43. The number of hydrogen-bond acceptors (Lipinski definition) is 5. The van der Waals surface area contributed by atoms with Crippen LogP contribution in [0.5, 0.6) is 0 Å². The number of anilines is 1. The molecule has 0 radical (unpaired) electrons. The lowest BCUT2D eigenvalue weighted by Crippen LogP contribution is -2.49. The fraction of sp³-hybridized carbons (Fsp3) is 0.667. The molecule has 0 bridgehead atoms. The number of benzene rings is 1. The molecule has 168 valence electrons. The number of amides is 1. The molecule has 0 atom stereocenters. The van der Waals surface area contributed by atoms with E-state index in [4.69, 9.17) is 16.0 Å². The van der Waals surface area contributed by atoms with Gasteiger partial charge in [-0.2, -0.15) is 16.7 Å². The largest absolute Gasteiger partial charge is 0.423 e. The molecule has 3 heterocycles. The topological polar surface area (TPSA) is 58.4 Å². The van der Waals surface area contributed by atoms with Crippen molar-refractivity contribution in [3.05, 3.63) is 23.2 Å². The van der Waals surface area contributed by atoms with Crippen LogP contribution < -0.4 is 10.2 Å². The highest BCUT2D eigenvalue weighted by molar-refractivity contribution is 7.99. The standard InChI is InChI=1S/C24H32ClN3O2S/c1-23(10-14-31-15-11-23)21(29)26-18-4-6-24(7-5-18)8-12-28(13-9-24)22-27-19-16-17(25)2-3-20(19)30-22/h2-3,16,18H,4-15H2,1H3,(H,26,29). The second-order valence-electron chi connectivity index (χ2n) is 10.0. The SMILES string of the molecule is CC1(C(=O)NC2CCC3(CC2)CCN(c2nc4cc(Cl)ccc4o2)CC3)CCSCC1. The summed E-state index contributed by atoms with van der Waals surface area (Å²) >= 11 is 8.06. The fourth-order valence-corrected chi connectivity index (χ4v) is 7.04. The first-order chi connectivity index (χ1) is 14.9. The zero-order valence-electron chi connectivity index (χ0n) is 18.3. The van der Waals surface area contributed by atoms with Crippen molar-refractivity contribution in [1.29, 1.82) is 0 Å². The zero-order valence-corrected chi connectivity index (χ0v) is 19.9. The first kappa shape index (κ1) is 21.4. The van der Waals surface area contributed by atoms with Gasteiger partial charge in [0.15, 0.2) is 5.58 Å². The molecule has 1 amide bonds. The normalized spacial score (nSPS) is 23.9. The molecule has 1 saturated carbocycles. The summed E-state index contributed by atoms with van der Waals surface area (Å²) in [4.78, 5) is 19.8. The maximum Gasteiger partial charge on any atom is 0.298 e. The number of aromatic nitrogens is 1. The lowest BCUT2D eigenvalue weighted by molar-refractivity contribution is -0.131. The summed E-state index contributed by atoms with van der Waals surface area (Å²) in [7, 11) is 0. The number of halogens is 1. The molecule has 1 N–H and O–H groups in total. The van der Waals surface area contributed by atoms with E-state index in [1.165, 1.54) is 25.7 Å². The van der Waals surface area contributed by atoms with Crippen LogP contribution in [-0.2, 0) is 4.79 Å². The van der Waals surface area contributed by atoms with E-state index in [0.29, 0.717) is 28.4 Å². The highest BCUT2D eigenvalue weighted by Crippen LogP contribution is 2.45. The highest BCUT2D eigenvalue weighted by Gasteiger charge is 2.41. The predicted octanol–water partition coefficient (Wildman–Crippen LogP) is 5.66. The van der Waals surface area contributed by atoms with Gasteiger partial charge in [0.2, 0.25) is 5.91 Å². The number of oxazole rings is 1. The van der Waals surface area contributed by atoms with Crippen LogP contribution in [0.25, 0.3) is 11.1 Å². The number of thioether (sulfide) groups is 1. The van der Waals surface area contributed by atoms with E-state index in [9.17, 15) is 4.79 Å². The Labute approximate surface area is 193 Å². The molecule has 5 rings (SSSR count). The van der Waals surface area contributed by atoms with Crippen LogP contribution in [-0.4, -0.2) is 41.5 Å². The summed E-state index contributed by atoms with van der Waals surface area (Å²) in [5, 5.41) is 4.10. The van der Waals surface area contributed by atoms with Gasteiger partial charge in [-0.25, -0.2) is 0 Å². The summed E-state index contributed by atoms with van der Waals surface area (Å²) in [6, 6.07) is 6.66. The molecule has 2 aliphatic heterocycles. The summed E-state index contributed by atoms with van der Waals surface area (Å²) in [5.74, 6) is 2.52.